The van der Waals surface area contributed by atoms with E-state index in [1.165, 1.54) is 12.8 Å². The van der Waals surface area contributed by atoms with Crippen molar-refractivity contribution in [2.45, 2.75) is 39.5 Å². The van der Waals surface area contributed by atoms with Crippen molar-refractivity contribution < 1.29 is 64.4 Å². The van der Waals surface area contributed by atoms with Gasteiger partial charge in [-0.05, 0) is 12.8 Å². The Morgan fingerprint density at radius 1 is 1.50 bits per heavy atom. The Morgan fingerprint density at radius 3 is 2.40 bits per heavy atom. The minimum atomic E-state index is 0. The normalized spacial score (nSPS) is 11.8. The number of hydrogen-bond acceptors (Lipinski definition) is 1. The molecule has 0 aromatic carbocycles. The number of aldehydes is 1. The molecule has 0 radical (unpaired) electrons. The van der Waals surface area contributed by atoms with E-state index in [0.717, 1.165) is 19.1 Å². The van der Waals surface area contributed by atoms with E-state index in [0.29, 0.717) is 5.92 Å². The van der Waals surface area contributed by atoms with E-state index in [-0.39, 0.29) is 59.6 Å². The SMILES string of the molecule is CCCCC(C=O)CC.[H-].[Rb+]. The van der Waals surface area contributed by atoms with Gasteiger partial charge < -0.3 is 6.22 Å². The number of unbranched alkanes of at least 4 members (excludes halogenated alkanes) is 1. The third-order valence-electron chi connectivity index (χ3n) is 1.65. The Hall–Kier alpha value is 1.48. The van der Waals surface area contributed by atoms with Gasteiger partial charge in [0.1, 0.15) is 6.29 Å². The molecular weight excluding hydrogens is 198 g/mol. The topological polar surface area (TPSA) is 17.1 Å². The molecule has 10 heavy (non-hydrogen) atoms. The molecule has 0 heterocycles. The maximum absolute atomic E-state index is 10.2. The maximum atomic E-state index is 10.2. The van der Waals surface area contributed by atoms with Crippen molar-refractivity contribution in [3.05, 3.63) is 0 Å². The number of carbonyl (C=O) groups excluding carboxylic acids is 1. The van der Waals surface area contributed by atoms with Gasteiger partial charge in [0.25, 0.3) is 0 Å². The largest absolute Gasteiger partial charge is 1.00 e. The summed E-state index contributed by atoms with van der Waals surface area (Å²) >= 11 is 0. The summed E-state index contributed by atoms with van der Waals surface area (Å²) in [6.45, 7) is 4.21. The van der Waals surface area contributed by atoms with E-state index in [1.807, 2.05) is 0 Å². The summed E-state index contributed by atoms with van der Waals surface area (Å²) in [7, 11) is 0. The minimum Gasteiger partial charge on any atom is -1.00 e. The Kier molecular flexibility index (Phi) is 14.7. The first-order chi connectivity index (χ1) is 4.35. The Balaban J connectivity index is -0.000000320. The van der Waals surface area contributed by atoms with E-state index < -0.39 is 0 Å². The summed E-state index contributed by atoms with van der Waals surface area (Å²) in [6, 6.07) is 0. The monoisotopic (exact) mass is 214 g/mol. The van der Waals surface area contributed by atoms with Crippen molar-refractivity contribution >= 4 is 6.29 Å². The molecule has 1 unspecified atom stereocenters. The second-order valence-corrected chi connectivity index (χ2v) is 2.45. The van der Waals surface area contributed by atoms with Crippen LogP contribution in [-0.4, -0.2) is 6.29 Å². The average molecular weight is 215 g/mol. The zero-order valence-corrected chi connectivity index (χ0v) is 12.3. The molecule has 0 spiro atoms. The molecule has 1 atom stereocenters. The van der Waals surface area contributed by atoms with Gasteiger partial charge in [-0.2, -0.15) is 0 Å². The number of carbonyl (C=O) groups is 1. The van der Waals surface area contributed by atoms with Gasteiger partial charge in [0, 0.05) is 5.92 Å². The van der Waals surface area contributed by atoms with Gasteiger partial charge in [-0.15, -0.1) is 0 Å². The second-order valence-electron chi connectivity index (χ2n) is 2.45. The fourth-order valence-electron chi connectivity index (χ4n) is 0.835. The van der Waals surface area contributed by atoms with Crippen LogP contribution in [0.4, 0.5) is 0 Å². The van der Waals surface area contributed by atoms with Gasteiger partial charge >= 0.3 is 58.2 Å². The van der Waals surface area contributed by atoms with Crippen LogP contribution in [-0.2, 0) is 4.79 Å². The summed E-state index contributed by atoms with van der Waals surface area (Å²) in [5, 5.41) is 0. The van der Waals surface area contributed by atoms with Crippen molar-refractivity contribution in [2.75, 3.05) is 0 Å². The number of rotatable bonds is 5. The van der Waals surface area contributed by atoms with Gasteiger partial charge in [0.05, 0.1) is 0 Å². The molecular formula is C8H17ORb. The second kappa shape index (κ2) is 10.5. The molecule has 0 saturated carbocycles. The van der Waals surface area contributed by atoms with Crippen molar-refractivity contribution in [1.82, 2.24) is 0 Å². The average Bonchev–Trinajstić information content (AvgIpc) is 1.91. The quantitative estimate of drug-likeness (QED) is 0.565. The van der Waals surface area contributed by atoms with Crippen LogP contribution < -0.4 is 58.2 Å². The van der Waals surface area contributed by atoms with E-state index >= 15 is 0 Å². The third kappa shape index (κ3) is 7.58. The smallest absolute Gasteiger partial charge is 1.00 e. The van der Waals surface area contributed by atoms with Crippen LogP contribution in [0.15, 0.2) is 0 Å². The Labute approximate surface area is 114 Å². The molecule has 0 fully saturated rings. The first kappa shape index (κ1) is 14.0. The molecule has 0 amide bonds. The first-order valence-electron chi connectivity index (χ1n) is 3.80. The molecule has 0 saturated heterocycles. The summed E-state index contributed by atoms with van der Waals surface area (Å²) in [4.78, 5) is 10.2. The van der Waals surface area contributed by atoms with Gasteiger partial charge in [-0.1, -0.05) is 26.7 Å². The standard InChI is InChI=1S/C8H16O.Rb.H/c1-3-5-6-8(4-2)7-9;;/h7-8H,3-6H2,1-2H3;;/q;+1;-1. The molecule has 0 N–H and O–H groups in total. The Morgan fingerprint density at radius 2 is 2.10 bits per heavy atom. The van der Waals surface area contributed by atoms with Crippen molar-refractivity contribution in [1.29, 1.82) is 0 Å². The summed E-state index contributed by atoms with van der Waals surface area (Å²) < 4.78 is 0. The molecule has 1 nitrogen and oxygen atoms in total. The van der Waals surface area contributed by atoms with Crippen molar-refractivity contribution in [3.8, 4) is 0 Å². The molecule has 0 bridgehead atoms. The molecule has 0 aliphatic carbocycles. The van der Waals surface area contributed by atoms with Crippen LogP contribution in [0.5, 0.6) is 0 Å². The predicted molar refractivity (Wildman–Crippen MR) is 40.5 cm³/mol. The summed E-state index contributed by atoms with van der Waals surface area (Å²) in [5.74, 6) is 0.324. The molecule has 56 valence electrons. The van der Waals surface area contributed by atoms with Gasteiger partial charge in [0.2, 0.25) is 0 Å². The zero-order valence-electron chi connectivity index (χ0n) is 8.39. The maximum Gasteiger partial charge on any atom is 1.00 e. The molecule has 0 aliphatic rings. The molecule has 0 aliphatic heterocycles. The van der Waals surface area contributed by atoms with E-state index in [4.69, 9.17) is 0 Å². The molecule has 0 aromatic rings. The predicted octanol–water partition coefficient (Wildman–Crippen LogP) is -0.482. The van der Waals surface area contributed by atoms with E-state index in [9.17, 15) is 4.79 Å². The molecule has 0 rings (SSSR count). The van der Waals surface area contributed by atoms with Gasteiger partial charge in [-0.25, -0.2) is 0 Å². The van der Waals surface area contributed by atoms with E-state index in [2.05, 4.69) is 13.8 Å². The molecule has 0 aromatic heterocycles. The third-order valence-corrected chi connectivity index (χ3v) is 1.65. The van der Waals surface area contributed by atoms with Crippen LogP contribution in [0.1, 0.15) is 41.0 Å². The van der Waals surface area contributed by atoms with Crippen LogP contribution in [0.25, 0.3) is 0 Å². The van der Waals surface area contributed by atoms with Crippen LogP contribution in [0, 0.1) is 5.92 Å². The zero-order chi connectivity index (χ0) is 7.11. The van der Waals surface area contributed by atoms with E-state index in [1.54, 1.807) is 0 Å². The minimum absolute atomic E-state index is 0. The van der Waals surface area contributed by atoms with Crippen LogP contribution in [0.2, 0.25) is 0 Å². The summed E-state index contributed by atoms with van der Waals surface area (Å²) in [6.07, 6.45) is 5.55. The first-order valence-corrected chi connectivity index (χ1v) is 3.80. The van der Waals surface area contributed by atoms with Gasteiger partial charge in [-0.3, -0.25) is 0 Å². The Bertz CT molecular complexity index is 78.5. The fraction of sp³-hybridized carbons (Fsp3) is 0.875. The number of hydrogen-bond donors (Lipinski definition) is 0. The van der Waals surface area contributed by atoms with Crippen LogP contribution in [0.3, 0.4) is 0 Å². The molecule has 2 heteroatoms. The fourth-order valence-corrected chi connectivity index (χ4v) is 0.835. The summed E-state index contributed by atoms with van der Waals surface area (Å²) in [5.41, 5.74) is 0. The van der Waals surface area contributed by atoms with Crippen molar-refractivity contribution in [3.63, 3.8) is 0 Å². The van der Waals surface area contributed by atoms with Crippen LogP contribution >= 0.6 is 0 Å². The van der Waals surface area contributed by atoms with Gasteiger partial charge in [0.15, 0.2) is 0 Å². The van der Waals surface area contributed by atoms with Crippen molar-refractivity contribution in [2.24, 2.45) is 5.92 Å².